The molecule has 2 aromatic rings. The van der Waals surface area contributed by atoms with Gasteiger partial charge < -0.3 is 5.32 Å². The number of hydrogen-bond acceptors (Lipinski definition) is 4. The third kappa shape index (κ3) is 3.41. The molecular formula is C13H12F4N4O2. The zero-order valence-corrected chi connectivity index (χ0v) is 12.1. The number of rotatable bonds is 4. The van der Waals surface area contributed by atoms with E-state index in [-0.39, 0.29) is 29.3 Å². The fourth-order valence-corrected chi connectivity index (χ4v) is 2.21. The van der Waals surface area contributed by atoms with Crippen LogP contribution in [0.15, 0.2) is 18.2 Å². The number of benzene rings is 1. The van der Waals surface area contributed by atoms with Crippen LogP contribution in [0.5, 0.6) is 0 Å². The van der Waals surface area contributed by atoms with E-state index < -0.39 is 22.5 Å². The third-order valence-corrected chi connectivity index (χ3v) is 3.20. The first-order chi connectivity index (χ1) is 10.6. The van der Waals surface area contributed by atoms with Crippen molar-refractivity contribution < 1.29 is 22.5 Å². The van der Waals surface area contributed by atoms with Crippen LogP contribution in [0.4, 0.5) is 29.1 Å². The molecule has 6 nitrogen and oxygen atoms in total. The Balaban J connectivity index is 2.35. The van der Waals surface area contributed by atoms with Crippen molar-refractivity contribution >= 4 is 11.5 Å². The van der Waals surface area contributed by atoms with Crippen molar-refractivity contribution in [3.05, 3.63) is 51.0 Å². The summed E-state index contributed by atoms with van der Waals surface area (Å²) < 4.78 is 53.0. The second-order valence-corrected chi connectivity index (χ2v) is 4.82. The molecule has 1 aromatic carbocycles. The summed E-state index contributed by atoms with van der Waals surface area (Å²) in [6.07, 6.45) is -4.73. The molecule has 0 spiro atoms. The van der Waals surface area contributed by atoms with Crippen molar-refractivity contribution in [3.8, 4) is 0 Å². The molecule has 0 atom stereocenters. The highest BCUT2D eigenvalue weighted by molar-refractivity contribution is 5.59. The van der Waals surface area contributed by atoms with Crippen LogP contribution in [-0.2, 0) is 19.8 Å². The molecule has 0 saturated carbocycles. The van der Waals surface area contributed by atoms with Crippen LogP contribution in [0.2, 0.25) is 0 Å². The van der Waals surface area contributed by atoms with E-state index in [0.717, 1.165) is 12.1 Å². The van der Waals surface area contributed by atoms with Crippen LogP contribution in [0.3, 0.4) is 0 Å². The molecule has 0 unspecified atom stereocenters. The van der Waals surface area contributed by atoms with Gasteiger partial charge in [-0.2, -0.15) is 18.3 Å². The topological polar surface area (TPSA) is 73.0 Å². The van der Waals surface area contributed by atoms with Gasteiger partial charge in [0.15, 0.2) is 0 Å². The van der Waals surface area contributed by atoms with Crippen LogP contribution in [0.25, 0.3) is 0 Å². The average molecular weight is 332 g/mol. The predicted octanol–water partition coefficient (Wildman–Crippen LogP) is 3.41. The Morgan fingerprint density at radius 2 is 2.04 bits per heavy atom. The lowest BCUT2D eigenvalue weighted by Crippen LogP contribution is -2.13. The Bertz CT molecular complexity index is 755. The third-order valence-electron chi connectivity index (χ3n) is 3.20. The Hall–Kier alpha value is -2.65. The fourth-order valence-electron chi connectivity index (χ4n) is 2.21. The number of anilines is 1. The van der Waals surface area contributed by atoms with Crippen LogP contribution in [0, 0.1) is 22.9 Å². The highest BCUT2D eigenvalue weighted by atomic mass is 19.4. The van der Waals surface area contributed by atoms with Crippen molar-refractivity contribution in [1.29, 1.82) is 0 Å². The van der Waals surface area contributed by atoms with Crippen molar-refractivity contribution in [2.45, 2.75) is 19.6 Å². The number of halogens is 4. The molecule has 0 amide bonds. The summed E-state index contributed by atoms with van der Waals surface area (Å²) in [4.78, 5) is 10.4. The van der Waals surface area contributed by atoms with E-state index in [2.05, 4.69) is 10.4 Å². The minimum absolute atomic E-state index is 0.0232. The zero-order valence-electron chi connectivity index (χ0n) is 12.1. The molecule has 0 aliphatic rings. The highest BCUT2D eigenvalue weighted by Crippen LogP contribution is 2.34. The quantitative estimate of drug-likeness (QED) is 0.529. The van der Waals surface area contributed by atoms with E-state index in [9.17, 15) is 27.7 Å². The van der Waals surface area contributed by atoms with E-state index in [1.807, 2.05) is 0 Å². The lowest BCUT2D eigenvalue weighted by Gasteiger charge is -2.14. The molecule has 1 aromatic heterocycles. The van der Waals surface area contributed by atoms with E-state index in [1.165, 1.54) is 18.7 Å². The maximum absolute atomic E-state index is 13.1. The van der Waals surface area contributed by atoms with Gasteiger partial charge in [0, 0.05) is 13.6 Å². The number of aryl methyl sites for hydroxylation is 2. The lowest BCUT2D eigenvalue weighted by atomic mass is 10.1. The van der Waals surface area contributed by atoms with Crippen molar-refractivity contribution in [3.63, 3.8) is 0 Å². The van der Waals surface area contributed by atoms with E-state index in [4.69, 9.17) is 0 Å². The normalized spacial score (nSPS) is 11.6. The van der Waals surface area contributed by atoms with Gasteiger partial charge in [-0.05, 0) is 24.6 Å². The first-order valence-electron chi connectivity index (χ1n) is 6.38. The van der Waals surface area contributed by atoms with Gasteiger partial charge in [0.2, 0.25) is 5.82 Å². The number of hydrogen-bond donors (Lipinski definition) is 1. The molecule has 10 heteroatoms. The SMILES string of the molecule is Cc1nn(C)c(NCc2ccc(F)cc2C(F)(F)F)c1[N+](=O)[O-]. The smallest absolute Gasteiger partial charge is 0.360 e. The highest BCUT2D eigenvalue weighted by Gasteiger charge is 2.34. The van der Waals surface area contributed by atoms with E-state index in [0.29, 0.717) is 6.07 Å². The first kappa shape index (κ1) is 16.7. The predicted molar refractivity (Wildman–Crippen MR) is 73.3 cm³/mol. The lowest BCUT2D eigenvalue weighted by molar-refractivity contribution is -0.384. The maximum Gasteiger partial charge on any atom is 0.416 e. The summed E-state index contributed by atoms with van der Waals surface area (Å²) in [7, 11) is 1.43. The van der Waals surface area contributed by atoms with Crippen LogP contribution < -0.4 is 5.32 Å². The summed E-state index contributed by atoms with van der Waals surface area (Å²) in [6.45, 7) is 1.05. The van der Waals surface area contributed by atoms with Gasteiger partial charge in [-0.15, -0.1) is 0 Å². The molecule has 124 valence electrons. The molecule has 1 N–H and O–H groups in total. The van der Waals surface area contributed by atoms with Gasteiger partial charge in [0.25, 0.3) is 0 Å². The number of nitrogens with one attached hydrogen (secondary N) is 1. The Kier molecular flexibility index (Phi) is 4.26. The molecule has 0 aliphatic heterocycles. The van der Waals surface area contributed by atoms with Gasteiger partial charge in [-0.25, -0.2) is 9.07 Å². The monoisotopic (exact) mass is 332 g/mol. The van der Waals surface area contributed by atoms with Crippen molar-refractivity contribution in [1.82, 2.24) is 9.78 Å². The van der Waals surface area contributed by atoms with Crippen LogP contribution in [0.1, 0.15) is 16.8 Å². The molecule has 23 heavy (non-hydrogen) atoms. The van der Waals surface area contributed by atoms with Gasteiger partial charge >= 0.3 is 11.9 Å². The Morgan fingerprint density at radius 1 is 1.39 bits per heavy atom. The largest absolute Gasteiger partial charge is 0.416 e. The summed E-state index contributed by atoms with van der Waals surface area (Å²) in [5.41, 5.74) is -1.54. The standard InChI is InChI=1S/C13H12F4N4O2/c1-7-11(21(22)23)12(20(2)19-7)18-6-8-3-4-9(14)5-10(8)13(15,16)17/h3-5,18H,6H2,1-2H3. The average Bonchev–Trinajstić information content (AvgIpc) is 2.70. The molecule has 0 radical (unpaired) electrons. The van der Waals surface area contributed by atoms with Gasteiger partial charge in [0.05, 0.1) is 10.5 Å². The van der Waals surface area contributed by atoms with Gasteiger partial charge in [0.1, 0.15) is 11.5 Å². The van der Waals surface area contributed by atoms with E-state index in [1.54, 1.807) is 0 Å². The van der Waals surface area contributed by atoms with Crippen molar-refractivity contribution in [2.75, 3.05) is 5.32 Å². The first-order valence-corrected chi connectivity index (χ1v) is 6.38. The molecule has 2 rings (SSSR count). The zero-order chi connectivity index (χ0) is 17.4. The minimum atomic E-state index is -4.73. The fraction of sp³-hybridized carbons (Fsp3) is 0.308. The second-order valence-electron chi connectivity index (χ2n) is 4.82. The van der Waals surface area contributed by atoms with Gasteiger partial charge in [-0.1, -0.05) is 6.07 Å². The molecular weight excluding hydrogens is 320 g/mol. The number of aromatic nitrogens is 2. The second kappa shape index (κ2) is 5.86. The summed E-state index contributed by atoms with van der Waals surface area (Å²) in [5, 5.41) is 17.4. The number of alkyl halides is 3. The van der Waals surface area contributed by atoms with Crippen LogP contribution in [-0.4, -0.2) is 14.7 Å². The number of nitro groups is 1. The Labute approximate surface area is 127 Å². The molecule has 1 heterocycles. The minimum Gasteiger partial charge on any atom is -0.360 e. The van der Waals surface area contributed by atoms with Gasteiger partial charge in [-0.3, -0.25) is 10.1 Å². The molecule has 0 fully saturated rings. The maximum atomic E-state index is 13.1. The van der Waals surface area contributed by atoms with E-state index >= 15 is 0 Å². The Morgan fingerprint density at radius 3 is 2.61 bits per heavy atom. The molecule has 0 bridgehead atoms. The summed E-state index contributed by atoms with van der Waals surface area (Å²) in [5.74, 6) is -1.03. The summed E-state index contributed by atoms with van der Waals surface area (Å²) in [6, 6.07) is 2.27. The summed E-state index contributed by atoms with van der Waals surface area (Å²) >= 11 is 0. The molecule has 0 saturated heterocycles. The van der Waals surface area contributed by atoms with Crippen molar-refractivity contribution in [2.24, 2.45) is 7.05 Å². The molecule has 0 aliphatic carbocycles. The number of nitrogens with zero attached hydrogens (tertiary/aromatic N) is 3. The van der Waals surface area contributed by atoms with Crippen LogP contribution >= 0.6 is 0 Å².